The van der Waals surface area contributed by atoms with E-state index in [1.165, 1.54) is 0 Å². The Kier molecular flexibility index (Phi) is 5.01. The van der Waals surface area contributed by atoms with Gasteiger partial charge in [-0.05, 0) is 39.2 Å². The van der Waals surface area contributed by atoms with Crippen molar-refractivity contribution >= 4 is 22.9 Å². The zero-order valence-corrected chi connectivity index (χ0v) is 14.5. The standard InChI is InChI=1S/C17H26N6O/c1-21(2)11-12-23-14-6-3-5-13(16(18)24)15(14)20-17(23)22-9-4-7-19-8-10-22/h3,5-6,19H,4,7-12H2,1-2H3,(H2,18,24). The van der Waals surface area contributed by atoms with E-state index < -0.39 is 5.91 Å². The van der Waals surface area contributed by atoms with Gasteiger partial charge in [-0.3, -0.25) is 4.79 Å². The summed E-state index contributed by atoms with van der Waals surface area (Å²) in [5.41, 5.74) is 7.71. The number of nitrogens with one attached hydrogen (secondary N) is 1. The highest BCUT2D eigenvalue weighted by atomic mass is 16.1. The average Bonchev–Trinajstić information content (AvgIpc) is 2.72. The number of likely N-dealkylation sites (N-methyl/N-ethyl adjacent to an activating group) is 1. The molecular formula is C17H26N6O. The van der Waals surface area contributed by atoms with Crippen molar-refractivity contribution in [1.82, 2.24) is 19.8 Å². The predicted octanol–water partition coefficient (Wildman–Crippen LogP) is 0.497. The van der Waals surface area contributed by atoms with Gasteiger partial charge in [0, 0.05) is 32.7 Å². The molecule has 7 heteroatoms. The van der Waals surface area contributed by atoms with Gasteiger partial charge in [-0.1, -0.05) is 6.07 Å². The van der Waals surface area contributed by atoms with Crippen LogP contribution in [-0.4, -0.2) is 67.2 Å². The number of carbonyl (C=O) groups is 1. The second-order valence-electron chi connectivity index (χ2n) is 6.49. The topological polar surface area (TPSA) is 79.4 Å². The van der Waals surface area contributed by atoms with Crippen molar-refractivity contribution in [2.24, 2.45) is 5.73 Å². The van der Waals surface area contributed by atoms with Crippen molar-refractivity contribution in [2.75, 3.05) is 51.7 Å². The molecule has 0 spiro atoms. The Labute approximate surface area is 142 Å². The first kappa shape index (κ1) is 16.7. The number of anilines is 1. The molecule has 0 atom stereocenters. The number of para-hydroxylation sites is 1. The summed E-state index contributed by atoms with van der Waals surface area (Å²) in [6.45, 7) is 5.58. The van der Waals surface area contributed by atoms with E-state index in [1.807, 2.05) is 12.1 Å². The van der Waals surface area contributed by atoms with Crippen LogP contribution < -0.4 is 16.0 Å². The lowest BCUT2D eigenvalue weighted by Crippen LogP contribution is -2.31. The Hall–Kier alpha value is -2.12. The second-order valence-corrected chi connectivity index (χ2v) is 6.49. The smallest absolute Gasteiger partial charge is 0.250 e. The van der Waals surface area contributed by atoms with Gasteiger partial charge in [0.05, 0.1) is 11.1 Å². The number of fused-ring (bicyclic) bond motifs is 1. The number of hydrogen-bond donors (Lipinski definition) is 2. The lowest BCUT2D eigenvalue weighted by molar-refractivity contribution is 0.100. The Morgan fingerprint density at radius 1 is 1.33 bits per heavy atom. The van der Waals surface area contributed by atoms with Crippen LogP contribution in [0.2, 0.25) is 0 Å². The SMILES string of the molecule is CN(C)CCn1c(N2CCCNCC2)nc2c(C(N)=O)cccc21. The van der Waals surface area contributed by atoms with Crippen molar-refractivity contribution in [3.63, 3.8) is 0 Å². The highest BCUT2D eigenvalue weighted by Crippen LogP contribution is 2.25. The number of imidazole rings is 1. The van der Waals surface area contributed by atoms with E-state index in [-0.39, 0.29) is 0 Å². The largest absolute Gasteiger partial charge is 0.366 e. The molecule has 1 amide bonds. The van der Waals surface area contributed by atoms with Crippen molar-refractivity contribution < 1.29 is 4.79 Å². The van der Waals surface area contributed by atoms with Crippen LogP contribution in [0.25, 0.3) is 11.0 Å². The van der Waals surface area contributed by atoms with Gasteiger partial charge in [-0.2, -0.15) is 0 Å². The molecule has 1 aliphatic heterocycles. The second kappa shape index (κ2) is 7.19. The summed E-state index contributed by atoms with van der Waals surface area (Å²) in [6, 6.07) is 5.65. The Morgan fingerprint density at radius 3 is 2.92 bits per heavy atom. The molecule has 3 rings (SSSR count). The summed E-state index contributed by atoms with van der Waals surface area (Å²) in [7, 11) is 4.12. The molecule has 0 bridgehead atoms. The molecule has 0 unspecified atom stereocenters. The highest BCUT2D eigenvalue weighted by molar-refractivity contribution is 6.04. The third kappa shape index (κ3) is 3.37. The zero-order chi connectivity index (χ0) is 17.1. The molecule has 2 heterocycles. The van der Waals surface area contributed by atoms with Gasteiger partial charge in [-0.25, -0.2) is 4.98 Å². The van der Waals surface area contributed by atoms with Crippen LogP contribution in [0, 0.1) is 0 Å². The molecule has 130 valence electrons. The number of primary amides is 1. The number of aromatic nitrogens is 2. The van der Waals surface area contributed by atoms with Crippen LogP contribution in [0.4, 0.5) is 5.95 Å². The van der Waals surface area contributed by atoms with E-state index in [0.717, 1.165) is 57.2 Å². The van der Waals surface area contributed by atoms with E-state index in [2.05, 4.69) is 33.8 Å². The first-order valence-electron chi connectivity index (χ1n) is 8.47. The number of carbonyl (C=O) groups excluding carboxylic acids is 1. The van der Waals surface area contributed by atoms with Gasteiger partial charge in [0.25, 0.3) is 5.91 Å². The first-order valence-corrected chi connectivity index (χ1v) is 8.47. The minimum absolute atomic E-state index is 0.429. The molecule has 7 nitrogen and oxygen atoms in total. The molecular weight excluding hydrogens is 304 g/mol. The van der Waals surface area contributed by atoms with Gasteiger partial charge < -0.3 is 25.4 Å². The van der Waals surface area contributed by atoms with Gasteiger partial charge in [0.2, 0.25) is 5.95 Å². The molecule has 0 aliphatic carbocycles. The summed E-state index contributed by atoms with van der Waals surface area (Å²) in [5.74, 6) is 0.506. The van der Waals surface area contributed by atoms with Crippen molar-refractivity contribution in [2.45, 2.75) is 13.0 Å². The van der Waals surface area contributed by atoms with Gasteiger partial charge >= 0.3 is 0 Å². The number of amides is 1. The van der Waals surface area contributed by atoms with E-state index in [1.54, 1.807) is 6.07 Å². The monoisotopic (exact) mass is 330 g/mol. The van der Waals surface area contributed by atoms with Crippen LogP contribution in [-0.2, 0) is 6.54 Å². The lowest BCUT2D eigenvalue weighted by Gasteiger charge is -2.23. The van der Waals surface area contributed by atoms with Crippen molar-refractivity contribution in [3.05, 3.63) is 23.8 Å². The molecule has 0 saturated carbocycles. The fourth-order valence-electron chi connectivity index (χ4n) is 3.14. The Bertz CT molecular complexity index is 715. The zero-order valence-electron chi connectivity index (χ0n) is 14.5. The fraction of sp³-hybridized carbons (Fsp3) is 0.529. The lowest BCUT2D eigenvalue weighted by atomic mass is 10.2. The highest BCUT2D eigenvalue weighted by Gasteiger charge is 2.21. The van der Waals surface area contributed by atoms with Crippen LogP contribution in [0.15, 0.2) is 18.2 Å². The third-order valence-corrected chi connectivity index (χ3v) is 4.42. The minimum atomic E-state index is -0.429. The summed E-state index contributed by atoms with van der Waals surface area (Å²) >= 11 is 0. The quantitative estimate of drug-likeness (QED) is 0.834. The summed E-state index contributed by atoms with van der Waals surface area (Å²) in [5, 5.41) is 3.42. The van der Waals surface area contributed by atoms with E-state index >= 15 is 0 Å². The Morgan fingerprint density at radius 2 is 2.17 bits per heavy atom. The first-order chi connectivity index (χ1) is 11.6. The summed E-state index contributed by atoms with van der Waals surface area (Å²) < 4.78 is 2.22. The van der Waals surface area contributed by atoms with Crippen LogP contribution >= 0.6 is 0 Å². The maximum atomic E-state index is 11.8. The molecule has 2 aromatic rings. The van der Waals surface area contributed by atoms with Gasteiger partial charge in [-0.15, -0.1) is 0 Å². The van der Waals surface area contributed by atoms with E-state index in [9.17, 15) is 4.79 Å². The molecule has 1 aromatic carbocycles. The molecule has 1 aromatic heterocycles. The van der Waals surface area contributed by atoms with Crippen LogP contribution in [0.5, 0.6) is 0 Å². The fourth-order valence-corrected chi connectivity index (χ4v) is 3.14. The number of nitrogens with two attached hydrogens (primary N) is 1. The molecule has 0 radical (unpaired) electrons. The minimum Gasteiger partial charge on any atom is -0.366 e. The molecule has 3 N–H and O–H groups in total. The number of benzene rings is 1. The number of nitrogens with zero attached hydrogens (tertiary/aromatic N) is 4. The Balaban J connectivity index is 2.09. The molecule has 24 heavy (non-hydrogen) atoms. The van der Waals surface area contributed by atoms with Crippen molar-refractivity contribution in [3.8, 4) is 0 Å². The van der Waals surface area contributed by atoms with Crippen LogP contribution in [0.1, 0.15) is 16.8 Å². The maximum absolute atomic E-state index is 11.8. The van der Waals surface area contributed by atoms with E-state index in [4.69, 9.17) is 10.7 Å². The molecule has 1 saturated heterocycles. The number of rotatable bonds is 5. The summed E-state index contributed by atoms with van der Waals surface area (Å²) in [4.78, 5) is 21.0. The van der Waals surface area contributed by atoms with Gasteiger partial charge in [0.15, 0.2) is 0 Å². The average molecular weight is 330 g/mol. The van der Waals surface area contributed by atoms with Crippen LogP contribution in [0.3, 0.4) is 0 Å². The maximum Gasteiger partial charge on any atom is 0.250 e. The van der Waals surface area contributed by atoms with Crippen molar-refractivity contribution in [1.29, 1.82) is 0 Å². The van der Waals surface area contributed by atoms with Gasteiger partial charge in [0.1, 0.15) is 5.52 Å². The molecule has 1 fully saturated rings. The number of hydrogen-bond acceptors (Lipinski definition) is 5. The third-order valence-electron chi connectivity index (χ3n) is 4.42. The van der Waals surface area contributed by atoms with E-state index in [0.29, 0.717) is 11.1 Å². The normalized spacial score (nSPS) is 15.9. The summed E-state index contributed by atoms with van der Waals surface area (Å²) in [6.07, 6.45) is 1.08. The predicted molar refractivity (Wildman–Crippen MR) is 96.5 cm³/mol. The molecule has 1 aliphatic rings.